The van der Waals surface area contributed by atoms with Gasteiger partial charge in [0.2, 0.25) is 0 Å². The first-order valence-electron chi connectivity index (χ1n) is 8.47. The first kappa shape index (κ1) is 16.8. The number of non-ortho nitro benzene ring substituents is 1. The van der Waals surface area contributed by atoms with Crippen molar-refractivity contribution in [3.8, 4) is 5.75 Å². The van der Waals surface area contributed by atoms with Crippen LogP contribution < -0.4 is 9.64 Å². The van der Waals surface area contributed by atoms with Crippen LogP contribution in [0.25, 0.3) is 0 Å². The Bertz CT molecular complexity index is 997. The standard InChI is InChI=1S/C20H16N2O5/c23-20(21-10-8-14-6-7-16(22(24)25)12-18(14)21)19-15(9-11-26-19)13-27-17-4-2-1-3-5-17/h1-7,9,11-12H,8,10,13H2. The molecule has 7 heteroatoms. The van der Waals surface area contributed by atoms with Crippen molar-refractivity contribution in [2.75, 3.05) is 11.4 Å². The van der Waals surface area contributed by atoms with Crippen molar-refractivity contribution in [1.29, 1.82) is 0 Å². The average Bonchev–Trinajstić information content (AvgIpc) is 3.33. The van der Waals surface area contributed by atoms with Crippen molar-refractivity contribution in [2.45, 2.75) is 13.0 Å². The maximum Gasteiger partial charge on any atom is 0.294 e. The number of carbonyl (C=O) groups is 1. The molecule has 1 amide bonds. The van der Waals surface area contributed by atoms with Gasteiger partial charge in [0.1, 0.15) is 12.4 Å². The number of rotatable bonds is 5. The molecule has 0 saturated heterocycles. The van der Waals surface area contributed by atoms with Gasteiger partial charge in [0.15, 0.2) is 5.76 Å². The lowest BCUT2D eigenvalue weighted by Gasteiger charge is -2.16. The minimum Gasteiger partial charge on any atom is -0.489 e. The van der Waals surface area contributed by atoms with E-state index in [9.17, 15) is 14.9 Å². The number of hydrogen-bond donors (Lipinski definition) is 0. The maximum absolute atomic E-state index is 13.0. The fraction of sp³-hybridized carbons (Fsp3) is 0.150. The first-order valence-corrected chi connectivity index (χ1v) is 8.47. The molecule has 1 aromatic heterocycles. The van der Waals surface area contributed by atoms with Gasteiger partial charge >= 0.3 is 0 Å². The minimum atomic E-state index is -0.465. The molecule has 1 aliphatic heterocycles. The Balaban J connectivity index is 1.56. The normalized spacial score (nSPS) is 12.7. The summed E-state index contributed by atoms with van der Waals surface area (Å²) in [4.78, 5) is 25.1. The van der Waals surface area contributed by atoms with E-state index < -0.39 is 4.92 Å². The van der Waals surface area contributed by atoms with Gasteiger partial charge in [-0.05, 0) is 30.2 Å². The van der Waals surface area contributed by atoms with Crippen LogP contribution in [0.4, 0.5) is 11.4 Å². The lowest BCUT2D eigenvalue weighted by atomic mass is 10.1. The molecule has 0 N–H and O–H groups in total. The van der Waals surface area contributed by atoms with Crippen LogP contribution in [0.1, 0.15) is 21.7 Å². The molecule has 2 aromatic carbocycles. The third-order valence-electron chi connectivity index (χ3n) is 4.50. The Labute approximate surface area is 154 Å². The van der Waals surface area contributed by atoms with Crippen LogP contribution in [0, 0.1) is 10.1 Å². The predicted molar refractivity (Wildman–Crippen MR) is 98.0 cm³/mol. The van der Waals surface area contributed by atoms with Gasteiger partial charge in [0.05, 0.1) is 16.9 Å². The van der Waals surface area contributed by atoms with Crippen LogP contribution in [0.15, 0.2) is 65.3 Å². The summed E-state index contributed by atoms with van der Waals surface area (Å²) in [5.74, 6) is 0.551. The van der Waals surface area contributed by atoms with Gasteiger partial charge in [-0.3, -0.25) is 14.9 Å². The van der Waals surface area contributed by atoms with E-state index in [0.717, 1.165) is 5.56 Å². The van der Waals surface area contributed by atoms with Crippen molar-refractivity contribution >= 4 is 17.3 Å². The fourth-order valence-electron chi connectivity index (χ4n) is 3.13. The molecule has 0 bridgehead atoms. The topological polar surface area (TPSA) is 85.8 Å². The zero-order valence-electron chi connectivity index (χ0n) is 14.3. The van der Waals surface area contributed by atoms with E-state index in [0.29, 0.717) is 30.0 Å². The minimum absolute atomic E-state index is 0.0412. The summed E-state index contributed by atoms with van der Waals surface area (Å²) in [6.45, 7) is 0.645. The van der Waals surface area contributed by atoms with Crippen molar-refractivity contribution in [3.63, 3.8) is 0 Å². The van der Waals surface area contributed by atoms with Crippen LogP contribution in [-0.4, -0.2) is 17.4 Å². The molecule has 0 saturated carbocycles. The monoisotopic (exact) mass is 364 g/mol. The summed E-state index contributed by atoms with van der Waals surface area (Å²) >= 11 is 0. The molecular formula is C20H16N2O5. The van der Waals surface area contributed by atoms with E-state index in [1.807, 2.05) is 30.3 Å². The molecule has 0 spiro atoms. The first-order chi connectivity index (χ1) is 13.1. The number of fused-ring (bicyclic) bond motifs is 1. The number of benzene rings is 2. The second-order valence-electron chi connectivity index (χ2n) is 6.15. The summed E-state index contributed by atoms with van der Waals surface area (Å²) < 4.78 is 11.1. The highest BCUT2D eigenvalue weighted by atomic mass is 16.6. The van der Waals surface area contributed by atoms with E-state index in [4.69, 9.17) is 9.15 Å². The number of anilines is 1. The van der Waals surface area contributed by atoms with Gasteiger partial charge in [-0.25, -0.2) is 0 Å². The second kappa shape index (κ2) is 6.95. The lowest BCUT2D eigenvalue weighted by molar-refractivity contribution is -0.384. The molecule has 7 nitrogen and oxygen atoms in total. The largest absolute Gasteiger partial charge is 0.489 e. The van der Waals surface area contributed by atoms with Crippen molar-refractivity contribution < 1.29 is 18.9 Å². The Morgan fingerprint density at radius 2 is 2.00 bits per heavy atom. The van der Waals surface area contributed by atoms with E-state index in [1.54, 1.807) is 12.1 Å². The Kier molecular flexibility index (Phi) is 4.33. The summed E-state index contributed by atoms with van der Waals surface area (Å²) in [6.07, 6.45) is 2.09. The highest BCUT2D eigenvalue weighted by Crippen LogP contribution is 2.33. The number of amides is 1. The number of nitrogens with zero attached hydrogens (tertiary/aromatic N) is 2. The molecule has 4 rings (SSSR count). The molecule has 0 radical (unpaired) electrons. The molecular weight excluding hydrogens is 348 g/mol. The zero-order chi connectivity index (χ0) is 18.8. The highest BCUT2D eigenvalue weighted by Gasteiger charge is 2.30. The number of carbonyl (C=O) groups excluding carboxylic acids is 1. The molecule has 1 aliphatic rings. The molecule has 2 heterocycles. The van der Waals surface area contributed by atoms with Gasteiger partial charge in [0, 0.05) is 24.2 Å². The Hall–Kier alpha value is -3.61. The van der Waals surface area contributed by atoms with E-state index >= 15 is 0 Å². The van der Waals surface area contributed by atoms with Gasteiger partial charge in [-0.2, -0.15) is 0 Å². The third-order valence-corrected chi connectivity index (χ3v) is 4.50. The summed E-state index contributed by atoms with van der Waals surface area (Å²) in [5.41, 5.74) is 2.05. The Morgan fingerprint density at radius 1 is 1.19 bits per heavy atom. The van der Waals surface area contributed by atoms with Gasteiger partial charge in [0.25, 0.3) is 11.6 Å². The summed E-state index contributed by atoms with van der Waals surface area (Å²) in [6, 6.07) is 15.6. The summed E-state index contributed by atoms with van der Waals surface area (Å²) in [7, 11) is 0. The molecule has 0 aliphatic carbocycles. The van der Waals surface area contributed by atoms with Crippen molar-refractivity contribution in [3.05, 3.63) is 87.9 Å². The van der Waals surface area contributed by atoms with Crippen molar-refractivity contribution in [2.24, 2.45) is 0 Å². The van der Waals surface area contributed by atoms with Crippen LogP contribution in [0.5, 0.6) is 5.75 Å². The van der Waals surface area contributed by atoms with Gasteiger partial charge in [-0.15, -0.1) is 0 Å². The quantitative estimate of drug-likeness (QED) is 0.505. The van der Waals surface area contributed by atoms with E-state index in [2.05, 4.69) is 0 Å². The van der Waals surface area contributed by atoms with Crippen LogP contribution in [0.3, 0.4) is 0 Å². The zero-order valence-corrected chi connectivity index (χ0v) is 14.3. The molecule has 0 unspecified atom stereocenters. The van der Waals surface area contributed by atoms with E-state index in [1.165, 1.54) is 23.3 Å². The Morgan fingerprint density at radius 3 is 2.78 bits per heavy atom. The number of ether oxygens (including phenoxy) is 1. The number of nitro groups is 1. The molecule has 136 valence electrons. The van der Waals surface area contributed by atoms with E-state index in [-0.39, 0.29) is 24.0 Å². The van der Waals surface area contributed by atoms with Crippen LogP contribution >= 0.6 is 0 Å². The highest BCUT2D eigenvalue weighted by molar-refractivity contribution is 6.06. The molecule has 0 atom stereocenters. The smallest absolute Gasteiger partial charge is 0.294 e. The van der Waals surface area contributed by atoms with Gasteiger partial charge in [-0.1, -0.05) is 24.3 Å². The predicted octanol–water partition coefficient (Wildman–Crippen LogP) is 3.97. The average molecular weight is 364 g/mol. The molecule has 0 fully saturated rings. The summed E-state index contributed by atoms with van der Waals surface area (Å²) in [5, 5.41) is 11.0. The third kappa shape index (κ3) is 3.27. The maximum atomic E-state index is 13.0. The van der Waals surface area contributed by atoms with Crippen LogP contribution in [0.2, 0.25) is 0 Å². The number of para-hydroxylation sites is 1. The van der Waals surface area contributed by atoms with Crippen LogP contribution in [-0.2, 0) is 13.0 Å². The SMILES string of the molecule is O=C(c1occc1COc1ccccc1)N1CCc2ccc([N+](=O)[O-])cc21. The van der Waals surface area contributed by atoms with Gasteiger partial charge < -0.3 is 14.1 Å². The number of hydrogen-bond acceptors (Lipinski definition) is 5. The second-order valence-corrected chi connectivity index (χ2v) is 6.15. The van der Waals surface area contributed by atoms with Crippen molar-refractivity contribution in [1.82, 2.24) is 0 Å². The fourth-order valence-corrected chi connectivity index (χ4v) is 3.13. The molecule has 3 aromatic rings. The lowest BCUT2D eigenvalue weighted by Crippen LogP contribution is -2.29. The number of furan rings is 1. The number of nitro benzene ring substituents is 1. The molecule has 27 heavy (non-hydrogen) atoms.